The van der Waals surface area contributed by atoms with Gasteiger partial charge in [-0.1, -0.05) is 12.2 Å². The van der Waals surface area contributed by atoms with Gasteiger partial charge in [-0.25, -0.2) is 0 Å². The highest BCUT2D eigenvalue weighted by Gasteiger charge is 2.35. The summed E-state index contributed by atoms with van der Waals surface area (Å²) in [5.74, 6) is -0.420. The molecule has 0 spiro atoms. The molecule has 60 valence electrons. The van der Waals surface area contributed by atoms with Crippen LogP contribution in [0.5, 0.6) is 0 Å². The van der Waals surface area contributed by atoms with E-state index in [1.165, 1.54) is 0 Å². The van der Waals surface area contributed by atoms with Crippen molar-refractivity contribution in [3.63, 3.8) is 0 Å². The van der Waals surface area contributed by atoms with Crippen molar-refractivity contribution in [3.05, 3.63) is 12.2 Å². The van der Waals surface area contributed by atoms with E-state index in [-0.39, 0.29) is 12.0 Å². The lowest BCUT2D eigenvalue weighted by molar-refractivity contribution is -0.143. The number of hydrogen-bond donors (Lipinski definition) is 2. The van der Waals surface area contributed by atoms with Gasteiger partial charge in [0.15, 0.2) is 0 Å². The van der Waals surface area contributed by atoms with E-state index in [1.54, 1.807) is 0 Å². The van der Waals surface area contributed by atoms with Crippen LogP contribution in [0, 0.1) is 11.8 Å². The van der Waals surface area contributed by atoms with Crippen LogP contribution < -0.4 is 5.32 Å². The Labute approximate surface area is 65.1 Å². The Morgan fingerprint density at radius 1 is 1.55 bits per heavy atom. The molecule has 11 heavy (non-hydrogen) atoms. The predicted molar refractivity (Wildman–Crippen MR) is 40.2 cm³/mol. The van der Waals surface area contributed by atoms with E-state index in [1.807, 2.05) is 6.08 Å². The van der Waals surface area contributed by atoms with Crippen molar-refractivity contribution >= 4 is 5.97 Å². The van der Waals surface area contributed by atoms with Crippen molar-refractivity contribution in [2.75, 3.05) is 6.54 Å². The van der Waals surface area contributed by atoms with Crippen molar-refractivity contribution < 1.29 is 9.90 Å². The summed E-state index contributed by atoms with van der Waals surface area (Å²) in [5, 5.41) is 12.0. The molecule has 0 radical (unpaired) electrons. The molecule has 0 aromatic heterocycles. The number of carboxylic acids is 1. The molecule has 0 aromatic carbocycles. The van der Waals surface area contributed by atoms with Crippen LogP contribution in [-0.2, 0) is 4.79 Å². The van der Waals surface area contributed by atoms with E-state index in [2.05, 4.69) is 11.4 Å². The van der Waals surface area contributed by atoms with Crippen molar-refractivity contribution in [2.45, 2.75) is 12.5 Å². The summed E-state index contributed by atoms with van der Waals surface area (Å²) in [6.07, 6.45) is 4.92. The van der Waals surface area contributed by atoms with Crippen LogP contribution in [0.4, 0.5) is 0 Å². The summed E-state index contributed by atoms with van der Waals surface area (Å²) < 4.78 is 0. The molecule has 3 aliphatic rings. The van der Waals surface area contributed by atoms with Gasteiger partial charge in [-0.2, -0.15) is 0 Å². The van der Waals surface area contributed by atoms with Crippen LogP contribution in [0.25, 0.3) is 0 Å². The molecule has 2 heterocycles. The molecule has 3 atom stereocenters. The fourth-order valence-corrected chi connectivity index (χ4v) is 1.87. The van der Waals surface area contributed by atoms with Gasteiger partial charge in [-0.15, -0.1) is 0 Å². The minimum absolute atomic E-state index is 0.0810. The lowest BCUT2D eigenvalue weighted by Gasteiger charge is -2.36. The lowest BCUT2D eigenvalue weighted by Crippen LogP contribution is -2.49. The summed E-state index contributed by atoms with van der Waals surface area (Å²) in [7, 11) is 0. The Balaban J connectivity index is 2.17. The lowest BCUT2D eigenvalue weighted by atomic mass is 9.79. The van der Waals surface area contributed by atoms with Crippen molar-refractivity contribution in [3.8, 4) is 0 Å². The number of carbonyl (C=O) groups is 1. The third-order valence-corrected chi connectivity index (χ3v) is 2.51. The van der Waals surface area contributed by atoms with Gasteiger partial charge in [0.05, 0.1) is 5.92 Å². The monoisotopic (exact) mass is 153 g/mol. The third-order valence-electron chi connectivity index (χ3n) is 2.51. The predicted octanol–water partition coefficient (Wildman–Crippen LogP) is 0.235. The van der Waals surface area contributed by atoms with Gasteiger partial charge in [0.2, 0.25) is 0 Å². The maximum atomic E-state index is 10.7. The highest BCUT2D eigenvalue weighted by molar-refractivity contribution is 5.72. The second kappa shape index (κ2) is 2.34. The minimum Gasteiger partial charge on any atom is -0.481 e. The average Bonchev–Trinajstić information content (AvgIpc) is 2.06. The smallest absolute Gasteiger partial charge is 0.308 e. The van der Waals surface area contributed by atoms with E-state index in [9.17, 15) is 4.79 Å². The molecule has 2 N–H and O–H groups in total. The minimum atomic E-state index is -0.670. The molecule has 0 unspecified atom stereocenters. The fraction of sp³-hybridized carbons (Fsp3) is 0.625. The van der Waals surface area contributed by atoms with Crippen molar-refractivity contribution in [2.24, 2.45) is 11.8 Å². The molecule has 1 aliphatic carbocycles. The molecule has 2 bridgehead atoms. The van der Waals surface area contributed by atoms with E-state index in [4.69, 9.17) is 5.11 Å². The number of hydrogen-bond acceptors (Lipinski definition) is 2. The normalized spacial score (nSPS) is 40.9. The first-order valence-corrected chi connectivity index (χ1v) is 3.92. The number of carboxylic acid groups (broad SMARTS) is 1. The van der Waals surface area contributed by atoms with E-state index in [0.29, 0.717) is 5.92 Å². The van der Waals surface area contributed by atoms with Gasteiger partial charge in [-0.3, -0.25) is 4.79 Å². The molecule has 3 nitrogen and oxygen atoms in total. The van der Waals surface area contributed by atoms with Crippen LogP contribution in [0.2, 0.25) is 0 Å². The zero-order chi connectivity index (χ0) is 7.84. The van der Waals surface area contributed by atoms with Crippen LogP contribution >= 0.6 is 0 Å². The highest BCUT2D eigenvalue weighted by atomic mass is 16.4. The summed E-state index contributed by atoms with van der Waals surface area (Å²) in [6.45, 7) is 0.949. The summed E-state index contributed by atoms with van der Waals surface area (Å²) in [6, 6.07) is 0.0810. The van der Waals surface area contributed by atoms with Crippen LogP contribution in [0.15, 0.2) is 12.2 Å². The third kappa shape index (κ3) is 1.05. The molecular formula is C8H11NO2. The number of nitrogens with one attached hydrogen (secondary N) is 1. The van der Waals surface area contributed by atoms with E-state index < -0.39 is 5.97 Å². The molecule has 3 rings (SSSR count). The average molecular weight is 153 g/mol. The highest BCUT2D eigenvalue weighted by Crippen LogP contribution is 2.28. The zero-order valence-electron chi connectivity index (χ0n) is 6.16. The first kappa shape index (κ1) is 6.85. The van der Waals surface area contributed by atoms with E-state index in [0.717, 1.165) is 13.0 Å². The van der Waals surface area contributed by atoms with E-state index >= 15 is 0 Å². The van der Waals surface area contributed by atoms with Gasteiger partial charge in [0.25, 0.3) is 0 Å². The SMILES string of the molecule is O=C(O)[C@H]1C[C@@H]2C=C[C@@H]1NC2. The Morgan fingerprint density at radius 3 is 2.64 bits per heavy atom. The largest absolute Gasteiger partial charge is 0.481 e. The number of fused-ring (bicyclic) bond motifs is 2. The first-order chi connectivity index (χ1) is 5.27. The van der Waals surface area contributed by atoms with Gasteiger partial charge in [0, 0.05) is 12.6 Å². The molecule has 0 saturated carbocycles. The second-order valence-electron chi connectivity index (χ2n) is 3.26. The molecule has 0 amide bonds. The second-order valence-corrected chi connectivity index (χ2v) is 3.26. The Morgan fingerprint density at radius 2 is 2.36 bits per heavy atom. The Bertz CT molecular complexity index is 212. The van der Waals surface area contributed by atoms with Crippen LogP contribution in [-0.4, -0.2) is 23.7 Å². The van der Waals surface area contributed by atoms with Gasteiger partial charge in [0.1, 0.15) is 0 Å². The Hall–Kier alpha value is -0.830. The maximum absolute atomic E-state index is 10.7. The number of rotatable bonds is 1. The summed E-state index contributed by atoms with van der Waals surface area (Å²) >= 11 is 0. The first-order valence-electron chi connectivity index (χ1n) is 3.92. The standard InChI is InChI=1S/C8H11NO2/c10-8(11)6-3-5-1-2-7(6)9-4-5/h1-2,5-7,9H,3-4H2,(H,10,11)/t5-,6-,7-/m0/s1. The number of piperidine rings is 1. The summed E-state index contributed by atoms with van der Waals surface area (Å²) in [5.41, 5.74) is 0. The van der Waals surface area contributed by atoms with Gasteiger partial charge < -0.3 is 10.4 Å². The number of aliphatic carboxylic acids is 1. The Kier molecular flexibility index (Phi) is 1.46. The fourth-order valence-electron chi connectivity index (χ4n) is 1.87. The van der Waals surface area contributed by atoms with Crippen LogP contribution in [0.1, 0.15) is 6.42 Å². The summed E-state index contributed by atoms with van der Waals surface area (Å²) in [4.78, 5) is 10.7. The molecular weight excluding hydrogens is 142 g/mol. The van der Waals surface area contributed by atoms with Gasteiger partial charge >= 0.3 is 5.97 Å². The molecule has 3 heteroatoms. The quantitative estimate of drug-likeness (QED) is 0.530. The molecule has 0 aromatic rings. The molecule has 1 saturated heterocycles. The van der Waals surface area contributed by atoms with Crippen molar-refractivity contribution in [1.29, 1.82) is 0 Å². The van der Waals surface area contributed by atoms with Crippen LogP contribution in [0.3, 0.4) is 0 Å². The van der Waals surface area contributed by atoms with Crippen molar-refractivity contribution in [1.82, 2.24) is 5.32 Å². The maximum Gasteiger partial charge on any atom is 0.308 e. The van der Waals surface area contributed by atoms with Gasteiger partial charge in [-0.05, 0) is 12.3 Å². The molecule has 2 aliphatic heterocycles. The zero-order valence-corrected chi connectivity index (χ0v) is 6.16. The molecule has 1 fully saturated rings. The topological polar surface area (TPSA) is 49.3 Å².